The maximum atomic E-state index is 14.0. The van der Waals surface area contributed by atoms with E-state index < -0.39 is 20.0 Å². The zero-order chi connectivity index (χ0) is 26.1. The summed E-state index contributed by atoms with van der Waals surface area (Å²) in [6.45, 7) is 0.622. The summed E-state index contributed by atoms with van der Waals surface area (Å²) in [6.07, 6.45) is 9.66. The van der Waals surface area contributed by atoms with Gasteiger partial charge in [-0.2, -0.15) is 8.42 Å². The number of benzene rings is 1. The topological polar surface area (TPSA) is 145 Å². The Hall–Kier alpha value is -2.60. The molecule has 6 rings (SSSR count). The summed E-state index contributed by atoms with van der Waals surface area (Å²) in [6, 6.07) is 4.01. The van der Waals surface area contributed by atoms with Crippen LogP contribution in [0.2, 0.25) is 0 Å². The molecular weight excluding hydrogens is 516 g/mol. The number of aliphatic hydroxyl groups excluding tert-OH is 1. The quantitative estimate of drug-likeness (QED) is 0.512. The van der Waals surface area contributed by atoms with Crippen LogP contribution < -0.4 is 10.0 Å². The first-order valence-corrected chi connectivity index (χ1v) is 16.3. The van der Waals surface area contributed by atoms with Gasteiger partial charge in [0, 0.05) is 24.2 Å². The molecule has 1 aromatic rings. The highest BCUT2D eigenvalue weighted by molar-refractivity contribution is 7.92. The van der Waals surface area contributed by atoms with Crippen molar-refractivity contribution < 1.29 is 26.7 Å². The smallest absolute Gasteiger partial charge is 0.286 e. The van der Waals surface area contributed by atoms with Crippen LogP contribution >= 0.6 is 0 Å². The fourth-order valence-electron chi connectivity index (χ4n) is 7.27. The Labute approximate surface area is 217 Å². The summed E-state index contributed by atoms with van der Waals surface area (Å²) in [7, 11) is -7.87. The molecule has 37 heavy (non-hydrogen) atoms. The van der Waals surface area contributed by atoms with Crippen molar-refractivity contribution in [3.63, 3.8) is 0 Å². The van der Waals surface area contributed by atoms with Gasteiger partial charge in [-0.3, -0.25) is 9.52 Å². The molecule has 3 N–H and O–H groups in total. The van der Waals surface area contributed by atoms with Gasteiger partial charge in [-0.05, 0) is 68.1 Å². The average Bonchev–Trinajstić information content (AvgIpc) is 3.44. The van der Waals surface area contributed by atoms with Crippen LogP contribution in [0.1, 0.15) is 51.4 Å². The van der Waals surface area contributed by atoms with Gasteiger partial charge in [0.15, 0.2) is 5.84 Å². The highest BCUT2D eigenvalue weighted by Crippen LogP contribution is 2.55. The minimum atomic E-state index is -4.27. The van der Waals surface area contributed by atoms with Crippen LogP contribution in [0, 0.1) is 23.7 Å². The minimum Gasteiger partial charge on any atom is -0.511 e. The van der Waals surface area contributed by atoms with E-state index in [-0.39, 0.29) is 57.2 Å². The lowest BCUT2D eigenvalue weighted by atomic mass is 9.77. The average molecular weight is 549 g/mol. The van der Waals surface area contributed by atoms with E-state index in [4.69, 9.17) is 0 Å². The number of rotatable bonds is 5. The van der Waals surface area contributed by atoms with Crippen molar-refractivity contribution in [3.05, 3.63) is 29.5 Å². The standard InChI is InChI=1S/C25H32N4O6S2/c1-36(32,33)27-17-9-10-18-19(12-17)37(34,35)28-24(26-18)21-23(30)20-15-7-8-16(11-15)22(20)29(25(21)31)13-14-5-3-2-4-6-14/h9-10,12,14-16,20,22,27,30H,2-8,11,13H2,1H3,(H,26,28)/t15-,16+,20-,22+/m1/s1. The number of fused-ring (bicyclic) bond motifs is 6. The second-order valence-electron chi connectivity index (χ2n) is 11.2. The first-order chi connectivity index (χ1) is 17.5. The molecule has 10 nitrogen and oxygen atoms in total. The summed E-state index contributed by atoms with van der Waals surface area (Å²) < 4.78 is 55.7. The number of amides is 1. The van der Waals surface area contributed by atoms with Crippen LogP contribution in [0.15, 0.2) is 38.8 Å². The molecule has 12 heteroatoms. The Bertz CT molecular complexity index is 1430. The number of aliphatic hydroxyl groups is 1. The Morgan fingerprint density at radius 3 is 2.59 bits per heavy atom. The molecule has 0 aromatic heterocycles. The lowest BCUT2D eigenvalue weighted by Gasteiger charge is -2.45. The van der Waals surface area contributed by atoms with Crippen LogP contribution in [0.25, 0.3) is 0 Å². The van der Waals surface area contributed by atoms with E-state index in [1.807, 2.05) is 4.90 Å². The molecule has 200 valence electrons. The maximum Gasteiger partial charge on any atom is 0.286 e. The molecule has 1 aromatic carbocycles. The molecular formula is C25H32N4O6S2. The third-order valence-corrected chi connectivity index (χ3v) is 10.6. The molecule has 0 radical (unpaired) electrons. The summed E-state index contributed by atoms with van der Waals surface area (Å²) in [5.41, 5.74) is 0.202. The van der Waals surface area contributed by atoms with Crippen LogP contribution in [-0.4, -0.2) is 57.4 Å². The van der Waals surface area contributed by atoms with E-state index in [2.05, 4.69) is 14.4 Å². The van der Waals surface area contributed by atoms with E-state index >= 15 is 0 Å². The molecule has 4 atom stereocenters. The van der Waals surface area contributed by atoms with Crippen LogP contribution in [0.3, 0.4) is 0 Å². The van der Waals surface area contributed by atoms with Gasteiger partial charge >= 0.3 is 0 Å². The monoisotopic (exact) mass is 548 g/mol. The number of hydrogen-bond acceptors (Lipinski definition) is 7. The van der Waals surface area contributed by atoms with Crippen molar-refractivity contribution in [1.29, 1.82) is 0 Å². The fraction of sp³-hybridized carbons (Fsp3) is 0.600. The van der Waals surface area contributed by atoms with Gasteiger partial charge in [0.25, 0.3) is 15.9 Å². The van der Waals surface area contributed by atoms with Crippen molar-refractivity contribution in [2.45, 2.75) is 62.3 Å². The third kappa shape index (κ3) is 4.31. The Morgan fingerprint density at radius 2 is 1.86 bits per heavy atom. The van der Waals surface area contributed by atoms with Crippen molar-refractivity contribution in [3.8, 4) is 0 Å². The van der Waals surface area contributed by atoms with Gasteiger partial charge < -0.3 is 15.3 Å². The van der Waals surface area contributed by atoms with Crippen molar-refractivity contribution in [1.82, 2.24) is 4.90 Å². The summed E-state index contributed by atoms with van der Waals surface area (Å²) in [5, 5.41) is 14.4. The van der Waals surface area contributed by atoms with E-state index in [0.717, 1.165) is 51.2 Å². The zero-order valence-electron chi connectivity index (χ0n) is 20.7. The molecule has 0 spiro atoms. The van der Waals surface area contributed by atoms with Crippen LogP contribution in [0.4, 0.5) is 11.4 Å². The first-order valence-electron chi connectivity index (χ1n) is 13.0. The van der Waals surface area contributed by atoms with E-state index in [9.17, 15) is 26.7 Å². The molecule has 5 aliphatic rings. The van der Waals surface area contributed by atoms with Gasteiger partial charge in [0.05, 0.1) is 11.9 Å². The highest BCUT2D eigenvalue weighted by Gasteiger charge is 2.57. The molecule has 3 aliphatic carbocycles. The van der Waals surface area contributed by atoms with Crippen LogP contribution in [-0.2, 0) is 24.8 Å². The number of hydrogen-bond donors (Lipinski definition) is 3. The number of carbonyl (C=O) groups is 1. The second-order valence-corrected chi connectivity index (χ2v) is 14.5. The van der Waals surface area contributed by atoms with Crippen molar-refractivity contribution >= 4 is 43.2 Å². The van der Waals surface area contributed by atoms with Crippen molar-refractivity contribution in [2.24, 2.45) is 28.1 Å². The minimum absolute atomic E-state index is 0.0466. The summed E-state index contributed by atoms with van der Waals surface area (Å²) in [4.78, 5) is 15.7. The lowest BCUT2D eigenvalue weighted by Crippen LogP contribution is -2.55. The molecule has 0 unspecified atom stereocenters. The van der Waals surface area contributed by atoms with Gasteiger partial charge in [-0.1, -0.05) is 19.3 Å². The van der Waals surface area contributed by atoms with Gasteiger partial charge in [0.2, 0.25) is 10.0 Å². The molecule has 0 saturated heterocycles. The molecule has 3 fully saturated rings. The Balaban J connectivity index is 1.38. The molecule has 1 amide bonds. The summed E-state index contributed by atoms with van der Waals surface area (Å²) >= 11 is 0. The predicted octanol–water partition coefficient (Wildman–Crippen LogP) is 3.22. The Morgan fingerprint density at radius 1 is 1.14 bits per heavy atom. The number of nitrogens with one attached hydrogen (secondary N) is 2. The summed E-state index contributed by atoms with van der Waals surface area (Å²) in [5.74, 6) is 0.242. The third-order valence-electron chi connectivity index (χ3n) is 8.72. The number of carbonyl (C=O) groups excluding carboxylic acids is 1. The maximum absolute atomic E-state index is 14.0. The lowest BCUT2D eigenvalue weighted by molar-refractivity contribution is -0.134. The molecule has 2 heterocycles. The fourth-order valence-corrected chi connectivity index (χ4v) is 8.97. The van der Waals surface area contributed by atoms with Crippen molar-refractivity contribution in [2.75, 3.05) is 22.8 Å². The number of nitrogens with zero attached hydrogens (tertiary/aromatic N) is 2. The number of amidine groups is 1. The highest BCUT2D eigenvalue weighted by atomic mass is 32.2. The number of anilines is 2. The van der Waals surface area contributed by atoms with E-state index in [0.29, 0.717) is 18.4 Å². The van der Waals surface area contributed by atoms with E-state index in [1.165, 1.54) is 24.6 Å². The second kappa shape index (κ2) is 8.72. The van der Waals surface area contributed by atoms with E-state index in [1.54, 1.807) is 0 Å². The predicted molar refractivity (Wildman–Crippen MR) is 139 cm³/mol. The SMILES string of the molecule is CS(=O)(=O)Nc1ccc2c(c1)S(=O)(=O)N=C(C1=C(O)[C@@H]3[C@@H]4CC[C@@H](C4)[C@@H]3N(CC3CCCCC3)C1=O)N2. The van der Waals surface area contributed by atoms with Crippen LogP contribution in [0.5, 0.6) is 0 Å². The molecule has 3 saturated carbocycles. The first kappa shape index (κ1) is 24.7. The zero-order valence-corrected chi connectivity index (χ0v) is 22.3. The van der Waals surface area contributed by atoms with Gasteiger partial charge in [-0.25, -0.2) is 8.42 Å². The largest absolute Gasteiger partial charge is 0.511 e. The van der Waals surface area contributed by atoms with Gasteiger partial charge in [-0.15, -0.1) is 4.40 Å². The molecule has 2 bridgehead atoms. The Kier molecular flexibility index (Phi) is 5.83. The van der Waals surface area contributed by atoms with Gasteiger partial charge in [0.1, 0.15) is 16.2 Å². The molecule has 2 aliphatic heterocycles. The number of sulfonamides is 2. The normalized spacial score (nSPS) is 31.0.